The Morgan fingerprint density at radius 2 is 2.00 bits per heavy atom. The molecule has 0 aromatic carbocycles. The highest BCUT2D eigenvalue weighted by atomic mass is 28.2. The van der Waals surface area contributed by atoms with E-state index in [1.54, 1.807) is 14.2 Å². The summed E-state index contributed by atoms with van der Waals surface area (Å²) in [5, 5.41) is 0. The molecule has 86 valence electrons. The summed E-state index contributed by atoms with van der Waals surface area (Å²) in [5.74, 6) is 0. The summed E-state index contributed by atoms with van der Waals surface area (Å²) in [6, 6.07) is 1.20. The topological polar surface area (TPSA) is 53.7 Å². The molecule has 0 radical (unpaired) electrons. The first-order chi connectivity index (χ1) is 6.85. The van der Waals surface area contributed by atoms with Crippen LogP contribution in [0.25, 0.3) is 0 Å². The molecule has 0 rings (SSSR count). The Balaban J connectivity index is 3.15. The molecule has 4 nitrogen and oxygen atoms in total. The number of unbranched alkanes of at least 4 members (excludes halogenated alkanes) is 2. The lowest BCUT2D eigenvalue weighted by Gasteiger charge is -2.15. The van der Waals surface area contributed by atoms with E-state index in [2.05, 4.69) is 0 Å². The fraction of sp³-hybridized carbons (Fsp3) is 1.00. The molecule has 5 heteroatoms. The molecule has 0 amide bonds. The summed E-state index contributed by atoms with van der Waals surface area (Å²) in [5.41, 5.74) is 5.40. The minimum Gasteiger partial charge on any atom is -0.398 e. The van der Waals surface area contributed by atoms with Crippen LogP contribution in [0.1, 0.15) is 19.3 Å². The highest BCUT2D eigenvalue weighted by molar-refractivity contribution is 6.27. The van der Waals surface area contributed by atoms with Crippen molar-refractivity contribution in [1.82, 2.24) is 0 Å². The zero-order chi connectivity index (χ0) is 10.6. The minimum absolute atomic E-state index is 0.166. The van der Waals surface area contributed by atoms with Crippen LogP contribution in [0.5, 0.6) is 0 Å². The number of rotatable bonds is 10. The van der Waals surface area contributed by atoms with Crippen LogP contribution in [0.3, 0.4) is 0 Å². The Bertz CT molecular complexity index is 116. The zero-order valence-electron chi connectivity index (χ0n) is 9.33. The number of hydrogen-bond acceptors (Lipinski definition) is 4. The van der Waals surface area contributed by atoms with Gasteiger partial charge in [0.25, 0.3) is 0 Å². The van der Waals surface area contributed by atoms with Gasteiger partial charge in [-0.3, -0.25) is 0 Å². The Kier molecular flexibility index (Phi) is 11.2. The third kappa shape index (κ3) is 8.65. The summed E-state index contributed by atoms with van der Waals surface area (Å²) in [6.07, 6.45) is 3.41. The van der Waals surface area contributed by atoms with Crippen LogP contribution < -0.4 is 5.73 Å². The van der Waals surface area contributed by atoms with Gasteiger partial charge in [-0.05, 0) is 19.0 Å². The molecule has 0 bridgehead atoms. The van der Waals surface area contributed by atoms with E-state index in [1.807, 2.05) is 0 Å². The number of ether oxygens (including phenoxy) is 2. The SMILES string of the molecule is COCC(OC)O[SiH2]CCCCCN. The van der Waals surface area contributed by atoms with E-state index in [-0.39, 0.29) is 6.29 Å². The van der Waals surface area contributed by atoms with Gasteiger partial charge in [0.2, 0.25) is 0 Å². The molecule has 0 aromatic heterocycles. The molecule has 0 spiro atoms. The number of methoxy groups -OCH3 is 2. The Morgan fingerprint density at radius 1 is 1.21 bits per heavy atom. The molecule has 0 aliphatic carbocycles. The van der Waals surface area contributed by atoms with Gasteiger partial charge in [0.1, 0.15) is 0 Å². The normalized spacial score (nSPS) is 13.9. The van der Waals surface area contributed by atoms with Crippen molar-refractivity contribution < 1.29 is 13.9 Å². The largest absolute Gasteiger partial charge is 0.398 e. The van der Waals surface area contributed by atoms with Gasteiger partial charge in [0.15, 0.2) is 16.1 Å². The first kappa shape index (κ1) is 14.1. The maximum atomic E-state index is 5.57. The molecule has 14 heavy (non-hydrogen) atoms. The molecule has 1 atom stereocenters. The van der Waals surface area contributed by atoms with Crippen LogP contribution in [0.4, 0.5) is 0 Å². The number of hydrogen-bond donors (Lipinski definition) is 1. The molecule has 2 N–H and O–H groups in total. The second kappa shape index (κ2) is 11.1. The lowest BCUT2D eigenvalue weighted by Crippen LogP contribution is -2.22. The fourth-order valence-corrected chi connectivity index (χ4v) is 2.35. The quantitative estimate of drug-likeness (QED) is 0.326. The molecule has 0 heterocycles. The third-order valence-electron chi connectivity index (χ3n) is 1.97. The van der Waals surface area contributed by atoms with Crippen LogP contribution in [0, 0.1) is 0 Å². The van der Waals surface area contributed by atoms with Gasteiger partial charge < -0.3 is 19.6 Å². The average molecular weight is 221 g/mol. The summed E-state index contributed by atoms with van der Waals surface area (Å²) in [6.45, 7) is 1.32. The van der Waals surface area contributed by atoms with Crippen LogP contribution >= 0.6 is 0 Å². The van der Waals surface area contributed by atoms with Crippen LogP contribution in [0.2, 0.25) is 6.04 Å². The third-order valence-corrected chi connectivity index (χ3v) is 3.36. The predicted octanol–water partition coefficient (Wildman–Crippen LogP) is 0.253. The second-order valence-corrected chi connectivity index (χ2v) is 4.64. The van der Waals surface area contributed by atoms with Gasteiger partial charge in [0, 0.05) is 14.2 Å². The zero-order valence-corrected chi connectivity index (χ0v) is 10.7. The fourth-order valence-electron chi connectivity index (χ4n) is 1.14. The highest BCUT2D eigenvalue weighted by Crippen LogP contribution is 2.01. The lowest BCUT2D eigenvalue weighted by molar-refractivity contribution is -0.0928. The van der Waals surface area contributed by atoms with Crippen molar-refractivity contribution in [2.45, 2.75) is 31.6 Å². The molecule has 0 aliphatic rings. The van der Waals surface area contributed by atoms with Crippen molar-refractivity contribution in [3.63, 3.8) is 0 Å². The van der Waals surface area contributed by atoms with Crippen LogP contribution in [-0.2, 0) is 13.9 Å². The Labute approximate surface area is 89.0 Å². The maximum Gasteiger partial charge on any atom is 0.170 e. The van der Waals surface area contributed by atoms with E-state index >= 15 is 0 Å². The van der Waals surface area contributed by atoms with Crippen molar-refractivity contribution in [3.8, 4) is 0 Å². The number of nitrogens with two attached hydrogens (primary N) is 1. The smallest absolute Gasteiger partial charge is 0.170 e. The van der Waals surface area contributed by atoms with Gasteiger partial charge in [-0.2, -0.15) is 0 Å². The van der Waals surface area contributed by atoms with Crippen molar-refractivity contribution in [2.24, 2.45) is 5.73 Å². The molecule has 0 aliphatic heterocycles. The van der Waals surface area contributed by atoms with Gasteiger partial charge in [-0.15, -0.1) is 0 Å². The lowest BCUT2D eigenvalue weighted by atomic mass is 10.2. The summed E-state index contributed by atoms with van der Waals surface area (Å²) in [7, 11) is 2.86. The van der Waals surface area contributed by atoms with Crippen LogP contribution in [-0.4, -0.2) is 43.4 Å². The maximum absolute atomic E-state index is 5.57. The van der Waals surface area contributed by atoms with Gasteiger partial charge in [-0.1, -0.05) is 12.8 Å². The highest BCUT2D eigenvalue weighted by Gasteiger charge is 2.05. The molecule has 0 aromatic rings. The van der Waals surface area contributed by atoms with E-state index in [0.29, 0.717) is 6.61 Å². The molecular formula is C9H23NO3Si. The van der Waals surface area contributed by atoms with Gasteiger partial charge in [0.05, 0.1) is 6.61 Å². The first-order valence-electron chi connectivity index (χ1n) is 5.18. The molecule has 0 saturated heterocycles. The van der Waals surface area contributed by atoms with Gasteiger partial charge in [-0.25, -0.2) is 0 Å². The van der Waals surface area contributed by atoms with E-state index in [9.17, 15) is 0 Å². The van der Waals surface area contributed by atoms with Crippen molar-refractivity contribution in [3.05, 3.63) is 0 Å². The van der Waals surface area contributed by atoms with Crippen LogP contribution in [0.15, 0.2) is 0 Å². The summed E-state index contributed by atoms with van der Waals surface area (Å²) >= 11 is 0. The van der Waals surface area contributed by atoms with Gasteiger partial charge >= 0.3 is 0 Å². The van der Waals surface area contributed by atoms with E-state index in [4.69, 9.17) is 19.6 Å². The van der Waals surface area contributed by atoms with Crippen molar-refractivity contribution in [1.29, 1.82) is 0 Å². The monoisotopic (exact) mass is 221 g/mol. The molecular weight excluding hydrogens is 198 g/mol. The second-order valence-electron chi connectivity index (χ2n) is 3.19. The summed E-state index contributed by atoms with van der Waals surface area (Å²) in [4.78, 5) is 0. The van der Waals surface area contributed by atoms with Crippen molar-refractivity contribution in [2.75, 3.05) is 27.4 Å². The minimum atomic E-state index is -0.441. The molecule has 0 saturated carbocycles. The Morgan fingerprint density at radius 3 is 2.57 bits per heavy atom. The standard InChI is InChI=1S/C9H23NO3Si/c1-11-8-9(12-2)13-14-7-5-3-4-6-10/h9H,3-8,10,14H2,1-2H3. The van der Waals surface area contributed by atoms with E-state index in [1.165, 1.54) is 18.9 Å². The summed E-state index contributed by atoms with van der Waals surface area (Å²) < 4.78 is 15.6. The molecule has 0 fully saturated rings. The average Bonchev–Trinajstić information content (AvgIpc) is 2.21. The Hall–Kier alpha value is 0.0569. The molecule has 1 unspecified atom stereocenters. The van der Waals surface area contributed by atoms with Crippen molar-refractivity contribution >= 4 is 9.76 Å². The van der Waals surface area contributed by atoms with E-state index < -0.39 is 9.76 Å². The van der Waals surface area contributed by atoms with E-state index in [0.717, 1.165) is 13.0 Å². The first-order valence-corrected chi connectivity index (χ1v) is 6.76. The predicted molar refractivity (Wildman–Crippen MR) is 60.0 cm³/mol.